The SMILES string of the molecule is CCOc1ccccc1NC(=O)c1c(CC)nc2c(Br)cc(C)cn12. The summed E-state index contributed by atoms with van der Waals surface area (Å²) >= 11 is 3.54. The van der Waals surface area contributed by atoms with Crippen LogP contribution < -0.4 is 10.1 Å². The number of fused-ring (bicyclic) bond motifs is 1. The van der Waals surface area contributed by atoms with Crippen LogP contribution in [-0.4, -0.2) is 21.9 Å². The van der Waals surface area contributed by atoms with Gasteiger partial charge < -0.3 is 10.1 Å². The van der Waals surface area contributed by atoms with Gasteiger partial charge >= 0.3 is 0 Å². The van der Waals surface area contributed by atoms with Crippen LogP contribution in [0.1, 0.15) is 35.6 Å². The van der Waals surface area contributed by atoms with Gasteiger partial charge in [-0.15, -0.1) is 0 Å². The van der Waals surface area contributed by atoms with Crippen LogP contribution >= 0.6 is 15.9 Å². The van der Waals surface area contributed by atoms with E-state index < -0.39 is 0 Å². The van der Waals surface area contributed by atoms with Gasteiger partial charge in [0.05, 0.1) is 22.5 Å². The van der Waals surface area contributed by atoms with Gasteiger partial charge in [-0.3, -0.25) is 9.20 Å². The minimum Gasteiger partial charge on any atom is -0.492 e. The Bertz CT molecular complexity index is 934. The Balaban J connectivity index is 2.06. The van der Waals surface area contributed by atoms with Gasteiger partial charge in [0.25, 0.3) is 5.91 Å². The summed E-state index contributed by atoms with van der Waals surface area (Å²) in [5.41, 5.74) is 3.75. The third kappa shape index (κ3) is 3.39. The molecule has 0 aliphatic rings. The van der Waals surface area contributed by atoms with Gasteiger partial charge in [0.2, 0.25) is 0 Å². The van der Waals surface area contributed by atoms with E-state index >= 15 is 0 Å². The number of anilines is 1. The smallest absolute Gasteiger partial charge is 0.274 e. The number of hydrogen-bond acceptors (Lipinski definition) is 3. The molecule has 0 bridgehead atoms. The number of halogens is 1. The number of rotatable bonds is 5. The van der Waals surface area contributed by atoms with Crippen molar-refractivity contribution in [2.45, 2.75) is 27.2 Å². The van der Waals surface area contributed by atoms with Crippen molar-refractivity contribution in [3.63, 3.8) is 0 Å². The third-order valence-electron chi connectivity index (χ3n) is 3.87. The minimum absolute atomic E-state index is 0.200. The van der Waals surface area contributed by atoms with Crippen molar-refractivity contribution in [3.05, 3.63) is 58.0 Å². The molecule has 3 aromatic rings. The van der Waals surface area contributed by atoms with Gasteiger partial charge in [0, 0.05) is 6.20 Å². The molecule has 25 heavy (non-hydrogen) atoms. The van der Waals surface area contributed by atoms with Crippen LogP contribution in [0.3, 0.4) is 0 Å². The highest BCUT2D eigenvalue weighted by atomic mass is 79.9. The maximum Gasteiger partial charge on any atom is 0.274 e. The Hall–Kier alpha value is -2.34. The van der Waals surface area contributed by atoms with Gasteiger partial charge in [-0.1, -0.05) is 19.1 Å². The van der Waals surface area contributed by atoms with Crippen LogP contribution in [0.25, 0.3) is 5.65 Å². The second-order valence-corrected chi connectivity index (χ2v) is 6.56. The molecule has 2 aromatic heterocycles. The lowest BCUT2D eigenvalue weighted by Crippen LogP contribution is -2.17. The van der Waals surface area contributed by atoms with E-state index in [-0.39, 0.29) is 5.91 Å². The molecule has 0 saturated carbocycles. The summed E-state index contributed by atoms with van der Waals surface area (Å²) in [6.07, 6.45) is 2.60. The van der Waals surface area contributed by atoms with Crippen LogP contribution in [0.2, 0.25) is 0 Å². The molecule has 6 heteroatoms. The first kappa shape index (κ1) is 17.5. The molecule has 0 atom stereocenters. The summed E-state index contributed by atoms with van der Waals surface area (Å²) in [5, 5.41) is 2.96. The third-order valence-corrected chi connectivity index (χ3v) is 4.45. The fourth-order valence-corrected chi connectivity index (χ4v) is 3.44. The molecule has 0 saturated heterocycles. The van der Waals surface area contributed by atoms with E-state index in [9.17, 15) is 4.79 Å². The number of ether oxygens (including phenoxy) is 1. The van der Waals surface area contributed by atoms with E-state index in [0.717, 1.165) is 21.4 Å². The zero-order chi connectivity index (χ0) is 18.0. The minimum atomic E-state index is -0.200. The van der Waals surface area contributed by atoms with E-state index in [4.69, 9.17) is 4.74 Å². The first-order valence-corrected chi connectivity index (χ1v) is 9.04. The number of benzene rings is 1. The molecule has 1 aromatic carbocycles. The maximum atomic E-state index is 13.0. The number of carbonyl (C=O) groups excluding carboxylic acids is 1. The Labute approximate surface area is 155 Å². The first-order chi connectivity index (χ1) is 12.0. The molecule has 0 aliphatic carbocycles. The van der Waals surface area contributed by atoms with Crippen molar-refractivity contribution < 1.29 is 9.53 Å². The lowest BCUT2D eigenvalue weighted by atomic mass is 10.2. The van der Waals surface area contributed by atoms with Crippen LogP contribution in [0.15, 0.2) is 41.0 Å². The summed E-state index contributed by atoms with van der Waals surface area (Å²) in [6.45, 7) is 6.43. The molecule has 0 aliphatic heterocycles. The quantitative estimate of drug-likeness (QED) is 0.678. The maximum absolute atomic E-state index is 13.0. The number of amides is 1. The first-order valence-electron chi connectivity index (χ1n) is 8.25. The number of pyridine rings is 1. The zero-order valence-corrected chi connectivity index (χ0v) is 16.1. The highest BCUT2D eigenvalue weighted by molar-refractivity contribution is 9.10. The number of para-hydroxylation sites is 2. The van der Waals surface area contributed by atoms with Gasteiger partial charge in [0.15, 0.2) is 5.65 Å². The summed E-state index contributed by atoms with van der Waals surface area (Å²) in [4.78, 5) is 17.6. The lowest BCUT2D eigenvalue weighted by molar-refractivity contribution is 0.102. The summed E-state index contributed by atoms with van der Waals surface area (Å²) in [7, 11) is 0. The fraction of sp³-hybridized carbons (Fsp3) is 0.263. The number of nitrogens with zero attached hydrogens (tertiary/aromatic N) is 2. The molecule has 130 valence electrons. The average Bonchev–Trinajstić information content (AvgIpc) is 2.95. The Morgan fingerprint density at radius 1 is 1.32 bits per heavy atom. The van der Waals surface area contributed by atoms with E-state index in [1.54, 1.807) is 0 Å². The summed E-state index contributed by atoms with van der Waals surface area (Å²) < 4.78 is 8.31. The lowest BCUT2D eigenvalue weighted by Gasteiger charge is -2.12. The van der Waals surface area contributed by atoms with Gasteiger partial charge in [-0.05, 0) is 60.0 Å². The van der Waals surface area contributed by atoms with E-state index in [2.05, 4.69) is 26.2 Å². The molecule has 0 fully saturated rings. The van der Waals surface area contributed by atoms with Gasteiger partial charge in [0.1, 0.15) is 11.4 Å². The monoisotopic (exact) mass is 401 g/mol. The fourth-order valence-electron chi connectivity index (χ4n) is 2.80. The molecule has 1 amide bonds. The number of imidazole rings is 1. The van der Waals surface area contributed by atoms with Crippen molar-refractivity contribution >= 4 is 33.2 Å². The topological polar surface area (TPSA) is 55.6 Å². The summed E-state index contributed by atoms with van der Waals surface area (Å²) in [5.74, 6) is 0.455. The van der Waals surface area contributed by atoms with Crippen LogP contribution in [-0.2, 0) is 6.42 Å². The van der Waals surface area contributed by atoms with E-state index in [1.807, 2.05) is 61.7 Å². The van der Waals surface area contributed by atoms with Crippen LogP contribution in [0.5, 0.6) is 5.75 Å². The molecular formula is C19H20BrN3O2. The zero-order valence-electron chi connectivity index (χ0n) is 14.5. The Morgan fingerprint density at radius 2 is 2.08 bits per heavy atom. The molecule has 3 rings (SSSR count). The Morgan fingerprint density at radius 3 is 2.80 bits per heavy atom. The van der Waals surface area contributed by atoms with Crippen molar-refractivity contribution in [1.29, 1.82) is 0 Å². The van der Waals surface area contributed by atoms with Crippen LogP contribution in [0, 0.1) is 6.92 Å². The van der Waals surface area contributed by atoms with Crippen molar-refractivity contribution in [2.75, 3.05) is 11.9 Å². The predicted molar refractivity (Wildman–Crippen MR) is 103 cm³/mol. The molecular weight excluding hydrogens is 382 g/mol. The second-order valence-electron chi connectivity index (χ2n) is 5.70. The highest BCUT2D eigenvalue weighted by Gasteiger charge is 2.21. The van der Waals surface area contributed by atoms with Crippen LogP contribution in [0.4, 0.5) is 5.69 Å². The van der Waals surface area contributed by atoms with E-state index in [1.165, 1.54) is 0 Å². The van der Waals surface area contributed by atoms with Crippen molar-refractivity contribution in [3.8, 4) is 5.75 Å². The normalized spacial score (nSPS) is 10.9. The largest absolute Gasteiger partial charge is 0.492 e. The Kier molecular flexibility index (Phi) is 5.08. The molecule has 5 nitrogen and oxygen atoms in total. The molecule has 2 heterocycles. The average molecular weight is 402 g/mol. The predicted octanol–water partition coefficient (Wildman–Crippen LogP) is 4.62. The van der Waals surface area contributed by atoms with E-state index in [0.29, 0.717) is 30.2 Å². The summed E-state index contributed by atoms with van der Waals surface area (Å²) in [6, 6.07) is 9.42. The molecule has 0 radical (unpaired) electrons. The number of nitrogens with one attached hydrogen (secondary N) is 1. The standard InChI is InChI=1S/C19H20BrN3O2/c1-4-14-17(23-11-12(3)10-13(20)18(23)21-14)19(24)22-15-8-6-7-9-16(15)25-5-2/h6-11H,4-5H2,1-3H3,(H,22,24). The van der Waals surface area contributed by atoms with Gasteiger partial charge in [-0.25, -0.2) is 4.98 Å². The molecule has 1 N–H and O–H groups in total. The molecule has 0 unspecified atom stereocenters. The van der Waals surface area contributed by atoms with Crippen molar-refractivity contribution in [2.24, 2.45) is 0 Å². The number of aromatic nitrogens is 2. The number of hydrogen-bond donors (Lipinski definition) is 1. The molecule has 0 spiro atoms. The second kappa shape index (κ2) is 7.27. The van der Waals surface area contributed by atoms with Gasteiger partial charge in [-0.2, -0.15) is 0 Å². The number of carbonyl (C=O) groups is 1. The highest BCUT2D eigenvalue weighted by Crippen LogP contribution is 2.27. The van der Waals surface area contributed by atoms with Crippen molar-refractivity contribution in [1.82, 2.24) is 9.38 Å². The number of aryl methyl sites for hydroxylation is 2.